The maximum absolute atomic E-state index is 13.5. The van der Waals surface area contributed by atoms with Crippen molar-refractivity contribution in [2.75, 3.05) is 24.0 Å². The van der Waals surface area contributed by atoms with Crippen LogP contribution in [-0.2, 0) is 29.1 Å². The number of rotatable bonds is 10. The van der Waals surface area contributed by atoms with Gasteiger partial charge >= 0.3 is 5.97 Å². The number of hydrogen-bond acceptors (Lipinski definition) is 9. The molecule has 0 radical (unpaired) electrons. The highest BCUT2D eigenvalue weighted by Gasteiger charge is 2.29. The van der Waals surface area contributed by atoms with Crippen LogP contribution in [0.3, 0.4) is 0 Å². The zero-order valence-corrected chi connectivity index (χ0v) is 21.8. The molecule has 0 spiro atoms. The Kier molecular flexibility index (Phi) is 6.97. The first-order chi connectivity index (χ1) is 19.4. The van der Waals surface area contributed by atoms with E-state index in [0.29, 0.717) is 29.3 Å². The summed E-state index contributed by atoms with van der Waals surface area (Å²) in [7, 11) is 0. The molecule has 1 fully saturated rings. The minimum absolute atomic E-state index is 0.0828. The molecular weight excluding hydrogens is 516 g/mol. The third-order valence-electron chi connectivity index (χ3n) is 7.28. The smallest absolute Gasteiger partial charge is 0.305 e. The Hall–Kier alpha value is -4.61. The number of carboxylic acid groups (broad SMARTS) is 1. The third-order valence-corrected chi connectivity index (χ3v) is 7.28. The Bertz CT molecular complexity index is 1520. The highest BCUT2D eigenvalue weighted by molar-refractivity contribution is 5.78. The van der Waals surface area contributed by atoms with Gasteiger partial charge in [0.25, 0.3) is 5.56 Å². The maximum Gasteiger partial charge on any atom is 0.305 e. The number of nitrogens with one attached hydrogen (secondary N) is 3. The fourth-order valence-corrected chi connectivity index (χ4v) is 5.07. The first kappa shape index (κ1) is 25.7. The SMILES string of the molecule is O=C(O)C[C@H](NC(=O)Cn1c(C2CC2)cnc(NCc2ccc3c(n2)NCCC3)c1=O)c1ccc2c(c1)OCO2. The molecule has 6 rings (SSSR count). The first-order valence-electron chi connectivity index (χ1n) is 13.4. The van der Waals surface area contributed by atoms with E-state index in [4.69, 9.17) is 9.47 Å². The number of aryl methyl sites for hydroxylation is 1. The van der Waals surface area contributed by atoms with Crippen LogP contribution in [0.25, 0.3) is 0 Å². The third kappa shape index (κ3) is 5.56. The lowest BCUT2D eigenvalue weighted by Crippen LogP contribution is -2.37. The van der Waals surface area contributed by atoms with Crippen LogP contribution in [-0.4, -0.2) is 44.9 Å². The van der Waals surface area contributed by atoms with Crippen molar-refractivity contribution in [1.82, 2.24) is 19.9 Å². The minimum atomic E-state index is -1.07. The molecule has 4 N–H and O–H groups in total. The molecule has 0 saturated heterocycles. The summed E-state index contributed by atoms with van der Waals surface area (Å²) in [5, 5.41) is 18.7. The number of ether oxygens (including phenoxy) is 2. The van der Waals surface area contributed by atoms with Gasteiger partial charge in [-0.3, -0.25) is 19.0 Å². The van der Waals surface area contributed by atoms with E-state index in [1.165, 1.54) is 10.1 Å². The molecule has 12 heteroatoms. The van der Waals surface area contributed by atoms with Crippen molar-refractivity contribution in [2.45, 2.75) is 57.2 Å². The van der Waals surface area contributed by atoms with Gasteiger partial charge in [-0.1, -0.05) is 12.1 Å². The number of pyridine rings is 1. The Morgan fingerprint density at radius 1 is 1.18 bits per heavy atom. The molecule has 1 saturated carbocycles. The van der Waals surface area contributed by atoms with Crippen LogP contribution in [0.2, 0.25) is 0 Å². The number of aliphatic carboxylic acids is 1. The van der Waals surface area contributed by atoms with E-state index in [2.05, 4.69) is 25.9 Å². The van der Waals surface area contributed by atoms with Crippen molar-refractivity contribution in [3.63, 3.8) is 0 Å². The lowest BCUT2D eigenvalue weighted by atomic mass is 10.0. The molecule has 1 aromatic carbocycles. The summed E-state index contributed by atoms with van der Waals surface area (Å²) in [5.41, 5.74) is 2.80. The van der Waals surface area contributed by atoms with E-state index in [1.54, 1.807) is 24.4 Å². The van der Waals surface area contributed by atoms with Crippen molar-refractivity contribution in [3.05, 3.63) is 69.4 Å². The number of fused-ring (bicyclic) bond motifs is 2. The zero-order valence-electron chi connectivity index (χ0n) is 21.8. The molecule has 40 heavy (non-hydrogen) atoms. The Balaban J connectivity index is 1.19. The predicted octanol–water partition coefficient (Wildman–Crippen LogP) is 2.55. The number of carbonyl (C=O) groups excluding carboxylic acids is 1. The number of hydrogen-bond donors (Lipinski definition) is 4. The summed E-state index contributed by atoms with van der Waals surface area (Å²) >= 11 is 0. The van der Waals surface area contributed by atoms with Gasteiger partial charge < -0.3 is 30.5 Å². The van der Waals surface area contributed by atoms with Gasteiger partial charge in [0, 0.05) is 24.4 Å². The van der Waals surface area contributed by atoms with Gasteiger partial charge in [0.2, 0.25) is 12.7 Å². The second-order valence-corrected chi connectivity index (χ2v) is 10.2. The number of carboxylic acids is 1. The summed E-state index contributed by atoms with van der Waals surface area (Å²) in [6, 6.07) is 8.21. The molecule has 4 heterocycles. The van der Waals surface area contributed by atoms with E-state index >= 15 is 0 Å². The number of amides is 1. The van der Waals surface area contributed by atoms with Crippen LogP contribution in [0.4, 0.5) is 11.6 Å². The van der Waals surface area contributed by atoms with Crippen molar-refractivity contribution < 1.29 is 24.2 Å². The largest absolute Gasteiger partial charge is 0.481 e. The topological polar surface area (TPSA) is 157 Å². The molecule has 3 aliphatic rings. The van der Waals surface area contributed by atoms with Crippen molar-refractivity contribution in [2.24, 2.45) is 0 Å². The summed E-state index contributed by atoms with van der Waals surface area (Å²) in [6.45, 7) is 1.01. The fourth-order valence-electron chi connectivity index (χ4n) is 5.07. The highest BCUT2D eigenvalue weighted by Crippen LogP contribution is 2.39. The van der Waals surface area contributed by atoms with Crippen LogP contribution in [0, 0.1) is 0 Å². The van der Waals surface area contributed by atoms with Crippen molar-refractivity contribution >= 4 is 23.5 Å². The van der Waals surface area contributed by atoms with E-state index in [9.17, 15) is 19.5 Å². The quantitative estimate of drug-likeness (QED) is 0.298. The van der Waals surface area contributed by atoms with E-state index in [-0.39, 0.29) is 31.5 Å². The lowest BCUT2D eigenvalue weighted by molar-refractivity contribution is -0.137. The Morgan fingerprint density at radius 3 is 2.85 bits per heavy atom. The minimum Gasteiger partial charge on any atom is -0.481 e. The van der Waals surface area contributed by atoms with E-state index in [0.717, 1.165) is 43.7 Å². The van der Waals surface area contributed by atoms with Crippen LogP contribution in [0.1, 0.15) is 60.2 Å². The first-order valence-corrected chi connectivity index (χ1v) is 13.4. The van der Waals surface area contributed by atoms with Gasteiger partial charge in [-0.15, -0.1) is 0 Å². The highest BCUT2D eigenvalue weighted by atomic mass is 16.7. The predicted molar refractivity (Wildman–Crippen MR) is 145 cm³/mol. The number of aromatic nitrogens is 3. The number of anilines is 2. The normalized spacial score (nSPS) is 16.0. The summed E-state index contributed by atoms with van der Waals surface area (Å²) in [5.74, 6) is 0.663. The van der Waals surface area contributed by atoms with Crippen LogP contribution >= 0.6 is 0 Å². The Morgan fingerprint density at radius 2 is 2.02 bits per heavy atom. The van der Waals surface area contributed by atoms with Gasteiger partial charge in [0.1, 0.15) is 12.4 Å². The van der Waals surface area contributed by atoms with Crippen molar-refractivity contribution in [1.29, 1.82) is 0 Å². The lowest BCUT2D eigenvalue weighted by Gasteiger charge is -2.20. The number of nitrogens with zero attached hydrogens (tertiary/aromatic N) is 3. The molecule has 1 atom stereocenters. The van der Waals surface area contributed by atoms with Gasteiger partial charge in [0.05, 0.1) is 24.7 Å². The molecule has 1 amide bonds. The van der Waals surface area contributed by atoms with Gasteiger partial charge in [-0.05, 0) is 55.0 Å². The van der Waals surface area contributed by atoms with Gasteiger partial charge in [0.15, 0.2) is 17.3 Å². The van der Waals surface area contributed by atoms with E-state index in [1.807, 2.05) is 12.1 Å². The van der Waals surface area contributed by atoms with Gasteiger partial charge in [-0.25, -0.2) is 9.97 Å². The second kappa shape index (κ2) is 10.9. The molecule has 208 valence electrons. The van der Waals surface area contributed by atoms with Crippen molar-refractivity contribution in [3.8, 4) is 11.5 Å². The second-order valence-electron chi connectivity index (χ2n) is 10.2. The molecule has 3 aromatic rings. The molecule has 2 aromatic heterocycles. The van der Waals surface area contributed by atoms with Crippen LogP contribution < -0.4 is 31.0 Å². The molecule has 2 aliphatic heterocycles. The van der Waals surface area contributed by atoms with Crippen LogP contribution in [0.15, 0.2) is 41.3 Å². The van der Waals surface area contributed by atoms with E-state index < -0.39 is 23.5 Å². The fraction of sp³-hybridized carbons (Fsp3) is 0.393. The molecular formula is C28H30N6O6. The standard InChI is InChI=1S/C28H30N6O6/c35-24(33-20(11-25(36)37)18-6-8-22-23(10-18)40-15-39-22)14-34-21(16-3-4-16)13-31-27(28(34)38)30-12-19-7-5-17-2-1-9-29-26(17)32-19/h5-8,10,13,16,20H,1-4,9,11-12,14-15H2,(H,29,32)(H,30,31)(H,33,35)(H,36,37)/t20-/m0/s1. The average Bonchev–Trinajstić information content (AvgIpc) is 3.68. The maximum atomic E-state index is 13.5. The molecule has 1 aliphatic carbocycles. The van der Waals surface area contributed by atoms with Gasteiger partial charge in [-0.2, -0.15) is 0 Å². The number of benzene rings is 1. The summed E-state index contributed by atoms with van der Waals surface area (Å²) in [4.78, 5) is 47.3. The monoisotopic (exact) mass is 546 g/mol. The molecule has 0 bridgehead atoms. The summed E-state index contributed by atoms with van der Waals surface area (Å²) in [6.07, 6.45) is 5.21. The van der Waals surface area contributed by atoms with Crippen LogP contribution in [0.5, 0.6) is 11.5 Å². The average molecular weight is 547 g/mol. The zero-order chi connectivity index (χ0) is 27.6. The Labute approximate surface area is 229 Å². The molecule has 12 nitrogen and oxygen atoms in total. The summed E-state index contributed by atoms with van der Waals surface area (Å²) < 4.78 is 12.2. The molecule has 0 unspecified atom stereocenters. The number of carbonyl (C=O) groups is 2.